The van der Waals surface area contributed by atoms with E-state index in [0.29, 0.717) is 24.2 Å². The van der Waals surface area contributed by atoms with E-state index in [1.165, 1.54) is 13.1 Å². The average molecular weight is 220 g/mol. The summed E-state index contributed by atoms with van der Waals surface area (Å²) >= 11 is 0. The molecule has 0 saturated carbocycles. The van der Waals surface area contributed by atoms with Crippen LogP contribution >= 0.6 is 0 Å². The van der Waals surface area contributed by atoms with Crippen LogP contribution in [-0.2, 0) is 11.2 Å². The molecule has 5 heteroatoms. The Bertz CT molecular complexity index is 457. The largest absolute Gasteiger partial charge is 0.477 e. The predicted molar refractivity (Wildman–Crippen MR) is 57.5 cm³/mol. The second-order valence-electron chi connectivity index (χ2n) is 3.74. The highest BCUT2D eigenvalue weighted by Crippen LogP contribution is 2.28. The van der Waals surface area contributed by atoms with Gasteiger partial charge in [0, 0.05) is 25.2 Å². The molecule has 0 aromatic carbocycles. The van der Waals surface area contributed by atoms with E-state index in [1.807, 2.05) is 0 Å². The molecule has 1 N–H and O–H groups in total. The summed E-state index contributed by atoms with van der Waals surface area (Å²) in [5.41, 5.74) is 1.41. The molecular weight excluding hydrogens is 208 g/mol. The van der Waals surface area contributed by atoms with Crippen molar-refractivity contribution in [2.24, 2.45) is 0 Å². The number of fused-ring (bicyclic) bond motifs is 1. The lowest BCUT2D eigenvalue weighted by atomic mass is 10.0. The molecular formula is C11H12N2O3. The minimum Gasteiger partial charge on any atom is -0.477 e. The molecule has 1 aliphatic rings. The molecule has 0 bridgehead atoms. The zero-order valence-corrected chi connectivity index (χ0v) is 8.93. The molecule has 16 heavy (non-hydrogen) atoms. The molecule has 0 unspecified atom stereocenters. The molecule has 1 aliphatic heterocycles. The van der Waals surface area contributed by atoms with Crippen molar-refractivity contribution >= 4 is 17.6 Å². The first kappa shape index (κ1) is 10.6. The van der Waals surface area contributed by atoms with Gasteiger partial charge in [-0.2, -0.15) is 0 Å². The fourth-order valence-electron chi connectivity index (χ4n) is 2.03. The summed E-state index contributed by atoms with van der Waals surface area (Å²) in [6.45, 7) is 2.13. The van der Waals surface area contributed by atoms with Crippen molar-refractivity contribution in [3.8, 4) is 0 Å². The number of hydrogen-bond donors (Lipinski definition) is 1. The maximum atomic E-state index is 11.4. The minimum absolute atomic E-state index is 0.0588. The maximum absolute atomic E-state index is 11.4. The predicted octanol–water partition coefficient (Wildman–Crippen LogP) is 1.08. The van der Waals surface area contributed by atoms with Gasteiger partial charge in [-0.05, 0) is 18.9 Å². The van der Waals surface area contributed by atoms with Crippen molar-refractivity contribution in [3.05, 3.63) is 23.5 Å². The lowest BCUT2D eigenvalue weighted by Crippen LogP contribution is -2.34. The van der Waals surface area contributed by atoms with E-state index in [9.17, 15) is 9.59 Å². The van der Waals surface area contributed by atoms with Gasteiger partial charge in [-0.1, -0.05) is 0 Å². The quantitative estimate of drug-likeness (QED) is 0.768. The Morgan fingerprint density at radius 1 is 1.50 bits per heavy atom. The van der Waals surface area contributed by atoms with Gasteiger partial charge in [-0.3, -0.25) is 4.79 Å². The summed E-state index contributed by atoms with van der Waals surface area (Å²) < 4.78 is 0. The van der Waals surface area contributed by atoms with Crippen LogP contribution in [0.3, 0.4) is 0 Å². The third-order valence-electron chi connectivity index (χ3n) is 2.71. The highest BCUT2D eigenvalue weighted by atomic mass is 16.4. The van der Waals surface area contributed by atoms with E-state index in [4.69, 9.17) is 5.11 Å². The fraction of sp³-hybridized carbons (Fsp3) is 0.364. The number of hydrogen-bond acceptors (Lipinski definition) is 3. The first-order chi connectivity index (χ1) is 7.61. The molecule has 0 fully saturated rings. The third-order valence-corrected chi connectivity index (χ3v) is 2.71. The topological polar surface area (TPSA) is 70.5 Å². The monoisotopic (exact) mass is 220 g/mol. The second-order valence-corrected chi connectivity index (χ2v) is 3.74. The summed E-state index contributed by atoms with van der Waals surface area (Å²) in [4.78, 5) is 27.8. The summed E-state index contributed by atoms with van der Waals surface area (Å²) in [5, 5.41) is 9.00. The number of carboxylic acids is 1. The molecule has 2 rings (SSSR count). The van der Waals surface area contributed by atoms with Crippen molar-refractivity contribution in [2.75, 3.05) is 11.4 Å². The highest BCUT2D eigenvalue weighted by Gasteiger charge is 2.24. The van der Waals surface area contributed by atoms with Crippen LogP contribution in [0, 0.1) is 0 Å². The van der Waals surface area contributed by atoms with Crippen LogP contribution in [0.1, 0.15) is 29.4 Å². The van der Waals surface area contributed by atoms with E-state index in [1.54, 1.807) is 11.0 Å². The molecule has 0 aliphatic carbocycles. The average Bonchev–Trinajstić information content (AvgIpc) is 2.27. The Labute approximate surface area is 92.7 Å². The van der Waals surface area contributed by atoms with Crippen LogP contribution in [0.2, 0.25) is 0 Å². The summed E-state index contributed by atoms with van der Waals surface area (Å²) in [5.74, 6) is -1.11. The van der Waals surface area contributed by atoms with Gasteiger partial charge in [0.15, 0.2) is 5.69 Å². The Hall–Kier alpha value is -1.91. The number of nitrogens with zero attached hydrogens (tertiary/aromatic N) is 2. The number of anilines is 1. The molecule has 0 saturated heterocycles. The lowest BCUT2D eigenvalue weighted by molar-refractivity contribution is -0.116. The first-order valence-corrected chi connectivity index (χ1v) is 5.10. The Kier molecular flexibility index (Phi) is 2.60. The van der Waals surface area contributed by atoms with Crippen LogP contribution in [0.4, 0.5) is 5.69 Å². The van der Waals surface area contributed by atoms with Crippen molar-refractivity contribution in [2.45, 2.75) is 19.8 Å². The van der Waals surface area contributed by atoms with E-state index < -0.39 is 5.97 Å². The summed E-state index contributed by atoms with van der Waals surface area (Å²) in [6.07, 6.45) is 2.87. The number of carboxylic acid groups (broad SMARTS) is 1. The van der Waals surface area contributed by atoms with Gasteiger partial charge < -0.3 is 10.0 Å². The third kappa shape index (κ3) is 1.64. The molecule has 0 atom stereocenters. The SMILES string of the molecule is CC(=O)N1CCCc2c1ccnc2C(=O)O. The zero-order valence-electron chi connectivity index (χ0n) is 8.93. The Morgan fingerprint density at radius 3 is 2.88 bits per heavy atom. The van der Waals surface area contributed by atoms with Crippen molar-refractivity contribution in [1.82, 2.24) is 4.98 Å². The summed E-state index contributed by atoms with van der Waals surface area (Å²) in [7, 11) is 0. The Morgan fingerprint density at radius 2 is 2.25 bits per heavy atom. The van der Waals surface area contributed by atoms with E-state index in [-0.39, 0.29) is 11.6 Å². The molecule has 0 radical (unpaired) electrons. The number of aromatic nitrogens is 1. The number of rotatable bonds is 1. The molecule has 2 heterocycles. The molecule has 1 aromatic heterocycles. The molecule has 5 nitrogen and oxygen atoms in total. The van der Waals surface area contributed by atoms with Crippen molar-refractivity contribution < 1.29 is 14.7 Å². The van der Waals surface area contributed by atoms with Crippen LogP contribution in [0.25, 0.3) is 0 Å². The second kappa shape index (κ2) is 3.92. The highest BCUT2D eigenvalue weighted by molar-refractivity contribution is 5.96. The van der Waals surface area contributed by atoms with Crippen LogP contribution in [0.15, 0.2) is 12.3 Å². The van der Waals surface area contributed by atoms with Gasteiger partial charge in [0.05, 0.1) is 5.69 Å². The van der Waals surface area contributed by atoms with Gasteiger partial charge in [-0.25, -0.2) is 9.78 Å². The van der Waals surface area contributed by atoms with Gasteiger partial charge in [0.2, 0.25) is 5.91 Å². The molecule has 1 amide bonds. The maximum Gasteiger partial charge on any atom is 0.354 e. The standard InChI is InChI=1S/C11H12N2O3/c1-7(14)13-6-2-3-8-9(13)4-5-12-10(8)11(15)16/h4-5H,2-3,6H2,1H3,(H,15,16). The number of pyridine rings is 1. The minimum atomic E-state index is -1.04. The molecule has 84 valence electrons. The van der Waals surface area contributed by atoms with Crippen LogP contribution < -0.4 is 4.90 Å². The molecule has 0 spiro atoms. The number of amides is 1. The van der Waals surface area contributed by atoms with Gasteiger partial charge in [0.25, 0.3) is 0 Å². The first-order valence-electron chi connectivity index (χ1n) is 5.10. The van der Waals surface area contributed by atoms with E-state index >= 15 is 0 Å². The zero-order chi connectivity index (χ0) is 11.7. The number of carbonyl (C=O) groups excluding carboxylic acids is 1. The molecule has 1 aromatic rings. The van der Waals surface area contributed by atoms with E-state index in [2.05, 4.69) is 4.98 Å². The van der Waals surface area contributed by atoms with Crippen molar-refractivity contribution in [3.63, 3.8) is 0 Å². The number of aromatic carboxylic acids is 1. The smallest absolute Gasteiger partial charge is 0.354 e. The van der Waals surface area contributed by atoms with Gasteiger partial charge in [0.1, 0.15) is 0 Å². The normalized spacial score (nSPS) is 14.4. The van der Waals surface area contributed by atoms with Gasteiger partial charge in [-0.15, -0.1) is 0 Å². The summed E-state index contributed by atoms with van der Waals surface area (Å²) in [6, 6.07) is 1.70. The van der Waals surface area contributed by atoms with Crippen molar-refractivity contribution in [1.29, 1.82) is 0 Å². The lowest BCUT2D eigenvalue weighted by Gasteiger charge is -2.28. The van der Waals surface area contributed by atoms with Crippen LogP contribution in [0.5, 0.6) is 0 Å². The van der Waals surface area contributed by atoms with E-state index in [0.717, 1.165) is 6.42 Å². The van der Waals surface area contributed by atoms with Crippen LogP contribution in [-0.4, -0.2) is 28.5 Å². The Balaban J connectivity index is 2.54. The number of carbonyl (C=O) groups is 2. The van der Waals surface area contributed by atoms with Gasteiger partial charge >= 0.3 is 5.97 Å². The fourth-order valence-corrected chi connectivity index (χ4v) is 2.03.